The summed E-state index contributed by atoms with van der Waals surface area (Å²) in [5.41, 5.74) is 7.26. The minimum absolute atomic E-state index is 0.0585. The van der Waals surface area contributed by atoms with Gasteiger partial charge in [0, 0.05) is 12.2 Å². The monoisotopic (exact) mass is 643 g/mol. The number of hydrogen-bond donors (Lipinski definition) is 5. The second-order valence-electron chi connectivity index (χ2n) is 10.5. The van der Waals surface area contributed by atoms with Crippen molar-refractivity contribution in [2.45, 2.75) is 25.3 Å². The van der Waals surface area contributed by atoms with Crippen molar-refractivity contribution in [1.82, 2.24) is 10.2 Å². The lowest BCUT2D eigenvalue weighted by Gasteiger charge is -2.27. The Hall–Kier alpha value is -5.39. The van der Waals surface area contributed by atoms with Gasteiger partial charge in [0.2, 0.25) is 0 Å². The summed E-state index contributed by atoms with van der Waals surface area (Å²) < 4.78 is 10.3. The van der Waals surface area contributed by atoms with Gasteiger partial charge in [-0.2, -0.15) is 0 Å². The molecule has 0 saturated heterocycles. The van der Waals surface area contributed by atoms with Gasteiger partial charge < -0.3 is 35.8 Å². The minimum atomic E-state index is -1.16. The van der Waals surface area contributed by atoms with Gasteiger partial charge in [-0.3, -0.25) is 19.3 Å². The molecule has 0 aliphatic heterocycles. The highest BCUT2D eigenvalue weighted by molar-refractivity contribution is 6.12. The number of nitrogens with one attached hydrogen (secondary N) is 1. The van der Waals surface area contributed by atoms with E-state index in [-0.39, 0.29) is 35.2 Å². The molecular formula is C36H41N3O8. The predicted octanol–water partition coefficient (Wildman–Crippen LogP) is 4.27. The number of phenolic OH excluding ortho intramolecular Hbond substituents is 3. The van der Waals surface area contributed by atoms with Crippen LogP contribution in [0.25, 0.3) is 18.2 Å². The van der Waals surface area contributed by atoms with Crippen LogP contribution < -0.4 is 20.5 Å². The zero-order chi connectivity index (χ0) is 34.2. The van der Waals surface area contributed by atoms with E-state index in [0.29, 0.717) is 42.7 Å². The summed E-state index contributed by atoms with van der Waals surface area (Å²) in [5, 5.41) is 32.7. The number of rotatable bonds is 17. The molecule has 0 aliphatic carbocycles. The Morgan fingerprint density at radius 2 is 1.23 bits per heavy atom. The number of hydrogen-bond acceptors (Lipinski definition) is 10. The molecule has 6 N–H and O–H groups in total. The molecule has 3 aromatic carbocycles. The molecule has 0 heterocycles. The molecule has 0 saturated carbocycles. The van der Waals surface area contributed by atoms with Crippen molar-refractivity contribution >= 4 is 35.8 Å². The first-order valence-electron chi connectivity index (χ1n) is 15.1. The quantitative estimate of drug-likeness (QED) is 0.106. The lowest BCUT2D eigenvalue weighted by atomic mass is 10.0. The summed E-state index contributed by atoms with van der Waals surface area (Å²) in [6.07, 6.45) is 9.58. The van der Waals surface area contributed by atoms with Gasteiger partial charge in [0.15, 0.2) is 28.8 Å². The van der Waals surface area contributed by atoms with E-state index in [1.165, 1.54) is 81.0 Å². The zero-order valence-corrected chi connectivity index (χ0v) is 26.5. The highest BCUT2D eigenvalue weighted by Crippen LogP contribution is 2.28. The van der Waals surface area contributed by atoms with E-state index in [1.807, 2.05) is 0 Å². The third kappa shape index (κ3) is 11.2. The number of aromatic hydroxyl groups is 3. The highest BCUT2D eigenvalue weighted by Gasteiger charge is 2.31. The van der Waals surface area contributed by atoms with Crippen molar-refractivity contribution in [1.29, 1.82) is 0 Å². The van der Waals surface area contributed by atoms with Crippen LogP contribution in [-0.4, -0.2) is 77.7 Å². The normalized spacial score (nSPS) is 12.1. The zero-order valence-electron chi connectivity index (χ0n) is 26.5. The average molecular weight is 644 g/mol. The van der Waals surface area contributed by atoms with Crippen LogP contribution in [-0.2, 0) is 14.4 Å². The third-order valence-electron chi connectivity index (χ3n) is 7.08. The second kappa shape index (κ2) is 18.5. The molecule has 0 spiro atoms. The molecule has 47 heavy (non-hydrogen) atoms. The topological polar surface area (TPSA) is 172 Å². The smallest absolute Gasteiger partial charge is 0.254 e. The molecule has 0 bridgehead atoms. The number of nitrogens with zero attached hydrogens (tertiary/aromatic N) is 1. The first kappa shape index (κ1) is 36.1. The van der Waals surface area contributed by atoms with Gasteiger partial charge in [0.05, 0.1) is 14.2 Å². The second-order valence-corrected chi connectivity index (χ2v) is 10.5. The van der Waals surface area contributed by atoms with Gasteiger partial charge in [-0.15, -0.1) is 0 Å². The Bertz CT molecular complexity index is 1600. The number of carbonyl (C=O) groups is 3. The van der Waals surface area contributed by atoms with Crippen molar-refractivity contribution < 1.29 is 39.2 Å². The van der Waals surface area contributed by atoms with Crippen molar-refractivity contribution in [3.05, 3.63) is 95.6 Å². The molecule has 2 amide bonds. The Labute approximate surface area is 274 Å². The Morgan fingerprint density at radius 1 is 0.745 bits per heavy atom. The number of ketones is 1. The summed E-state index contributed by atoms with van der Waals surface area (Å²) >= 11 is 0. The third-order valence-corrected chi connectivity index (χ3v) is 7.08. The number of amides is 2. The Morgan fingerprint density at radius 3 is 1.77 bits per heavy atom. The number of carbonyl (C=O) groups excluding carboxylic acids is 3. The molecule has 1 unspecified atom stereocenters. The van der Waals surface area contributed by atoms with E-state index in [1.54, 1.807) is 30.3 Å². The van der Waals surface area contributed by atoms with Crippen LogP contribution in [0.4, 0.5) is 0 Å². The molecule has 3 rings (SSSR count). The van der Waals surface area contributed by atoms with Crippen LogP contribution >= 0.6 is 0 Å². The molecule has 11 heteroatoms. The van der Waals surface area contributed by atoms with Crippen molar-refractivity contribution in [3.63, 3.8) is 0 Å². The van der Waals surface area contributed by atoms with Crippen molar-refractivity contribution in [2.75, 3.05) is 33.9 Å². The van der Waals surface area contributed by atoms with Gasteiger partial charge in [-0.25, -0.2) is 0 Å². The molecule has 0 fully saturated rings. The van der Waals surface area contributed by atoms with Gasteiger partial charge in [0.25, 0.3) is 11.8 Å². The molecule has 0 aromatic heterocycles. The highest BCUT2D eigenvalue weighted by atomic mass is 16.5. The fraction of sp³-hybridized carbons (Fsp3) is 0.250. The molecular weight excluding hydrogens is 602 g/mol. The van der Waals surface area contributed by atoms with E-state index in [2.05, 4.69) is 5.32 Å². The largest absolute Gasteiger partial charge is 0.508 e. The standard InChI is InChI=1S/C36H41N3O8/c1-46-33-23-26(9-16-31(33)42)8-15-30(41)29(5-3-21-38-22-4-20-37)39(35(44)18-11-25-6-13-28(40)14-7-25)36(45)19-12-27-10-17-32(43)34(24-27)47-2/h6-19,23-24,29,38,40,42-43H,3-5,20-22,37H2,1-2H3/b15-8+,18-11+,19-12+. The maximum atomic E-state index is 13.8. The summed E-state index contributed by atoms with van der Waals surface area (Å²) in [5.74, 6) is -1.58. The van der Waals surface area contributed by atoms with Crippen LogP contribution in [0.5, 0.6) is 28.7 Å². The minimum Gasteiger partial charge on any atom is -0.508 e. The molecule has 0 radical (unpaired) electrons. The maximum Gasteiger partial charge on any atom is 0.254 e. The first-order valence-corrected chi connectivity index (χ1v) is 15.1. The molecule has 11 nitrogen and oxygen atoms in total. The fourth-order valence-corrected chi connectivity index (χ4v) is 4.55. The van der Waals surface area contributed by atoms with Crippen molar-refractivity contribution in [2.24, 2.45) is 5.73 Å². The van der Waals surface area contributed by atoms with Gasteiger partial charge in [0.1, 0.15) is 11.8 Å². The van der Waals surface area contributed by atoms with Crippen LogP contribution in [0.1, 0.15) is 36.0 Å². The van der Waals surface area contributed by atoms with E-state index < -0.39 is 23.6 Å². The molecule has 1 atom stereocenters. The summed E-state index contributed by atoms with van der Waals surface area (Å²) in [7, 11) is 2.81. The number of methoxy groups -OCH3 is 2. The van der Waals surface area contributed by atoms with E-state index in [9.17, 15) is 29.7 Å². The van der Waals surface area contributed by atoms with E-state index in [4.69, 9.17) is 15.2 Å². The first-order chi connectivity index (χ1) is 22.7. The lowest BCUT2D eigenvalue weighted by molar-refractivity contribution is -0.145. The fourth-order valence-electron chi connectivity index (χ4n) is 4.55. The van der Waals surface area contributed by atoms with Crippen LogP contribution in [0.3, 0.4) is 0 Å². The maximum absolute atomic E-state index is 13.8. The van der Waals surface area contributed by atoms with Gasteiger partial charge in [-0.05, 0) is 110 Å². The van der Waals surface area contributed by atoms with Crippen LogP contribution in [0, 0.1) is 0 Å². The Kier molecular flexibility index (Phi) is 14.2. The summed E-state index contributed by atoms with van der Waals surface area (Å²) in [4.78, 5) is 42.2. The lowest BCUT2D eigenvalue weighted by Crippen LogP contribution is -2.47. The number of benzene rings is 3. The van der Waals surface area contributed by atoms with Gasteiger partial charge in [-0.1, -0.05) is 30.3 Å². The molecule has 248 valence electrons. The SMILES string of the molecule is COc1cc(/C=C/C(=O)C(CCCNCCCN)N(C(=O)/C=C/c2ccc(O)cc2)C(=O)/C=C/c2ccc(O)c(OC)c2)ccc1O. The van der Waals surface area contributed by atoms with Crippen LogP contribution in [0.15, 0.2) is 78.9 Å². The predicted molar refractivity (Wildman–Crippen MR) is 181 cm³/mol. The molecule has 0 aliphatic rings. The van der Waals surface area contributed by atoms with Crippen LogP contribution in [0.2, 0.25) is 0 Å². The van der Waals surface area contributed by atoms with Crippen molar-refractivity contribution in [3.8, 4) is 28.7 Å². The van der Waals surface area contributed by atoms with Gasteiger partial charge >= 0.3 is 0 Å². The van der Waals surface area contributed by atoms with E-state index >= 15 is 0 Å². The average Bonchev–Trinajstić information content (AvgIpc) is 3.07. The number of ether oxygens (including phenoxy) is 2. The molecule has 3 aromatic rings. The summed E-state index contributed by atoms with van der Waals surface area (Å²) in [6, 6.07) is 14.1. The summed E-state index contributed by atoms with van der Waals surface area (Å²) in [6.45, 7) is 1.75. The number of imide groups is 1. The Balaban J connectivity index is 1.99. The van der Waals surface area contributed by atoms with E-state index in [0.717, 1.165) is 11.3 Å². The number of nitrogens with two attached hydrogens (primary N) is 1. The number of phenols is 3.